The number of aryl methyl sites for hydroxylation is 3. The molecule has 0 aliphatic carbocycles. The van der Waals surface area contributed by atoms with Gasteiger partial charge in [-0.25, -0.2) is 4.98 Å². The van der Waals surface area contributed by atoms with Gasteiger partial charge in [-0.05, 0) is 62.7 Å². The van der Waals surface area contributed by atoms with Crippen LogP contribution in [-0.2, 0) is 0 Å². The second kappa shape index (κ2) is 5.21. The number of aromatic nitrogens is 1. The first-order valence-electron chi connectivity index (χ1n) is 7.11. The molecule has 21 heavy (non-hydrogen) atoms. The lowest BCUT2D eigenvalue weighted by Crippen LogP contribution is -1.92. The number of pyridine rings is 1. The molecule has 0 N–H and O–H groups in total. The van der Waals surface area contributed by atoms with E-state index in [9.17, 15) is 0 Å². The summed E-state index contributed by atoms with van der Waals surface area (Å²) in [5.41, 5.74) is 6.94. The average Bonchev–Trinajstić information content (AvgIpc) is 2.44. The highest BCUT2D eigenvalue weighted by atomic mass is 16.5. The van der Waals surface area contributed by atoms with Crippen molar-refractivity contribution in [1.82, 2.24) is 4.98 Å². The van der Waals surface area contributed by atoms with Gasteiger partial charge in [0.25, 0.3) is 0 Å². The summed E-state index contributed by atoms with van der Waals surface area (Å²) in [5.74, 6) is 0.864. The van der Waals surface area contributed by atoms with Gasteiger partial charge in [-0.1, -0.05) is 17.2 Å². The van der Waals surface area contributed by atoms with E-state index in [1.54, 1.807) is 7.11 Å². The zero-order valence-electron chi connectivity index (χ0n) is 12.9. The van der Waals surface area contributed by atoms with Crippen molar-refractivity contribution in [1.29, 1.82) is 0 Å². The summed E-state index contributed by atoms with van der Waals surface area (Å²) in [6, 6.07) is 14.7. The highest BCUT2D eigenvalue weighted by Gasteiger charge is 2.08. The third-order valence-corrected chi connectivity index (χ3v) is 3.71. The van der Waals surface area contributed by atoms with Crippen LogP contribution in [0.25, 0.3) is 22.2 Å². The van der Waals surface area contributed by atoms with Gasteiger partial charge in [-0.15, -0.1) is 0 Å². The van der Waals surface area contributed by atoms with Crippen molar-refractivity contribution in [2.24, 2.45) is 0 Å². The molecule has 0 bridgehead atoms. The molecule has 1 aromatic heterocycles. The van der Waals surface area contributed by atoms with Gasteiger partial charge in [-0.2, -0.15) is 0 Å². The quantitative estimate of drug-likeness (QED) is 0.669. The van der Waals surface area contributed by atoms with E-state index in [0.29, 0.717) is 0 Å². The number of hydrogen-bond donors (Lipinski definition) is 0. The normalized spacial score (nSPS) is 10.9. The highest BCUT2D eigenvalue weighted by Crippen LogP contribution is 2.28. The Morgan fingerprint density at radius 3 is 2.24 bits per heavy atom. The maximum Gasteiger partial charge on any atom is 0.119 e. The Kier molecular flexibility index (Phi) is 3.38. The molecular weight excluding hydrogens is 258 g/mol. The summed E-state index contributed by atoms with van der Waals surface area (Å²) < 4.78 is 5.28. The van der Waals surface area contributed by atoms with E-state index < -0.39 is 0 Å². The summed E-state index contributed by atoms with van der Waals surface area (Å²) in [5, 5.41) is 1.11. The fourth-order valence-corrected chi connectivity index (χ4v) is 2.79. The Morgan fingerprint density at radius 2 is 1.57 bits per heavy atom. The van der Waals surface area contributed by atoms with Gasteiger partial charge in [0.05, 0.1) is 18.3 Å². The van der Waals surface area contributed by atoms with Crippen LogP contribution in [0.3, 0.4) is 0 Å². The van der Waals surface area contributed by atoms with Crippen LogP contribution < -0.4 is 4.74 Å². The van der Waals surface area contributed by atoms with Gasteiger partial charge in [-0.3, -0.25) is 0 Å². The van der Waals surface area contributed by atoms with Crippen LogP contribution in [0, 0.1) is 20.8 Å². The fraction of sp³-hybridized carbons (Fsp3) is 0.211. The second-order valence-corrected chi connectivity index (χ2v) is 5.59. The van der Waals surface area contributed by atoms with E-state index >= 15 is 0 Å². The molecule has 0 unspecified atom stereocenters. The monoisotopic (exact) mass is 277 g/mol. The van der Waals surface area contributed by atoms with Crippen molar-refractivity contribution < 1.29 is 4.74 Å². The smallest absolute Gasteiger partial charge is 0.119 e. The number of benzene rings is 2. The van der Waals surface area contributed by atoms with Crippen LogP contribution in [0.5, 0.6) is 5.75 Å². The Labute approximate surface area is 125 Å². The number of ether oxygens (including phenoxy) is 1. The van der Waals surface area contributed by atoms with Crippen LogP contribution in [-0.4, -0.2) is 12.1 Å². The molecule has 0 saturated carbocycles. The largest absolute Gasteiger partial charge is 0.497 e. The molecule has 0 aliphatic heterocycles. The second-order valence-electron chi connectivity index (χ2n) is 5.59. The average molecular weight is 277 g/mol. The van der Waals surface area contributed by atoms with Crippen LogP contribution in [0.15, 0.2) is 42.5 Å². The topological polar surface area (TPSA) is 22.1 Å². The fourth-order valence-electron chi connectivity index (χ4n) is 2.79. The Balaban J connectivity index is 2.21. The van der Waals surface area contributed by atoms with Gasteiger partial charge in [0.1, 0.15) is 5.75 Å². The zero-order chi connectivity index (χ0) is 15.0. The predicted octanol–water partition coefficient (Wildman–Crippen LogP) is 4.84. The van der Waals surface area contributed by atoms with Crippen molar-refractivity contribution in [3.63, 3.8) is 0 Å². The van der Waals surface area contributed by atoms with Crippen LogP contribution in [0.4, 0.5) is 0 Å². The van der Waals surface area contributed by atoms with Crippen molar-refractivity contribution in [2.75, 3.05) is 7.11 Å². The number of rotatable bonds is 2. The van der Waals surface area contributed by atoms with Gasteiger partial charge >= 0.3 is 0 Å². The van der Waals surface area contributed by atoms with Crippen molar-refractivity contribution in [2.45, 2.75) is 20.8 Å². The zero-order valence-corrected chi connectivity index (χ0v) is 12.9. The van der Waals surface area contributed by atoms with Crippen LogP contribution >= 0.6 is 0 Å². The first-order chi connectivity index (χ1) is 10.1. The molecule has 3 aromatic rings. The molecule has 2 aromatic carbocycles. The van der Waals surface area contributed by atoms with Gasteiger partial charge in [0.15, 0.2) is 0 Å². The minimum Gasteiger partial charge on any atom is -0.497 e. The molecule has 0 amide bonds. The molecule has 0 saturated heterocycles. The van der Waals surface area contributed by atoms with Crippen molar-refractivity contribution in [3.05, 3.63) is 59.2 Å². The first-order valence-corrected chi connectivity index (χ1v) is 7.11. The molecule has 0 fully saturated rings. The Bertz CT molecular complexity index is 801. The third-order valence-electron chi connectivity index (χ3n) is 3.71. The van der Waals surface area contributed by atoms with E-state index in [2.05, 4.69) is 45.0 Å². The van der Waals surface area contributed by atoms with Gasteiger partial charge in [0.2, 0.25) is 0 Å². The number of hydrogen-bond acceptors (Lipinski definition) is 2. The molecule has 2 heteroatoms. The number of methoxy groups -OCH3 is 1. The van der Waals surface area contributed by atoms with Crippen molar-refractivity contribution in [3.8, 4) is 17.0 Å². The third kappa shape index (κ3) is 2.62. The molecule has 0 radical (unpaired) electrons. The van der Waals surface area contributed by atoms with Gasteiger partial charge in [0, 0.05) is 10.9 Å². The highest BCUT2D eigenvalue weighted by molar-refractivity contribution is 5.84. The maximum absolute atomic E-state index is 5.28. The minimum atomic E-state index is 0.864. The van der Waals surface area contributed by atoms with Crippen molar-refractivity contribution >= 4 is 10.9 Å². The molecule has 0 spiro atoms. The molecule has 0 aliphatic rings. The van der Waals surface area contributed by atoms with Gasteiger partial charge < -0.3 is 4.74 Å². The molecule has 0 atom stereocenters. The standard InChI is InChI=1S/C19H19NO/c1-12-7-13(2)9-16(8-12)19-14(3)10-15-11-17(21-4)5-6-18(15)20-19/h5-11H,1-4H3. The summed E-state index contributed by atoms with van der Waals surface area (Å²) in [6.45, 7) is 6.36. The SMILES string of the molecule is COc1ccc2nc(-c3cc(C)cc(C)c3)c(C)cc2c1. The van der Waals surface area contributed by atoms with E-state index in [4.69, 9.17) is 9.72 Å². The number of nitrogens with zero attached hydrogens (tertiary/aromatic N) is 1. The Morgan fingerprint density at radius 1 is 0.857 bits per heavy atom. The molecular formula is C19H19NO. The summed E-state index contributed by atoms with van der Waals surface area (Å²) in [6.07, 6.45) is 0. The predicted molar refractivity (Wildman–Crippen MR) is 87.9 cm³/mol. The number of fused-ring (bicyclic) bond motifs is 1. The lowest BCUT2D eigenvalue weighted by molar-refractivity contribution is 0.415. The summed E-state index contributed by atoms with van der Waals surface area (Å²) >= 11 is 0. The summed E-state index contributed by atoms with van der Waals surface area (Å²) in [7, 11) is 1.69. The molecule has 106 valence electrons. The lowest BCUT2D eigenvalue weighted by Gasteiger charge is -2.10. The summed E-state index contributed by atoms with van der Waals surface area (Å²) in [4.78, 5) is 4.85. The molecule has 3 rings (SSSR count). The first kappa shape index (κ1) is 13.6. The lowest BCUT2D eigenvalue weighted by atomic mass is 10.0. The van der Waals surface area contributed by atoms with Crippen LogP contribution in [0.2, 0.25) is 0 Å². The minimum absolute atomic E-state index is 0.864. The Hall–Kier alpha value is -2.35. The van der Waals surface area contributed by atoms with E-state index in [1.165, 1.54) is 22.3 Å². The molecule has 1 heterocycles. The molecule has 2 nitrogen and oxygen atoms in total. The van der Waals surface area contributed by atoms with E-state index in [1.807, 2.05) is 18.2 Å². The maximum atomic E-state index is 5.28. The van der Waals surface area contributed by atoms with Crippen LogP contribution in [0.1, 0.15) is 16.7 Å². The van der Waals surface area contributed by atoms with E-state index in [0.717, 1.165) is 22.3 Å². The van der Waals surface area contributed by atoms with E-state index in [-0.39, 0.29) is 0 Å².